The van der Waals surface area contributed by atoms with Crippen LogP contribution in [0.5, 0.6) is 0 Å². The Morgan fingerprint density at radius 2 is 1.88 bits per heavy atom. The summed E-state index contributed by atoms with van der Waals surface area (Å²) in [6, 6.07) is 9.41. The minimum atomic E-state index is 0.563. The molecule has 0 bridgehead atoms. The topological polar surface area (TPSA) is 6.48 Å². The molecule has 1 atom stereocenters. The van der Waals surface area contributed by atoms with Crippen LogP contribution in [0, 0.1) is 0 Å². The highest BCUT2D eigenvalue weighted by Crippen LogP contribution is 2.40. The standard InChI is InChI=1S/C15H24N2/c1-4-6-9-12-17-15-11-8-7-10-13(15)14(5-2)16(17)3/h7-8,10-11,14H,4-6,9,12H2,1-3H3. The highest BCUT2D eigenvalue weighted by Gasteiger charge is 2.31. The van der Waals surface area contributed by atoms with E-state index >= 15 is 0 Å². The van der Waals surface area contributed by atoms with Gasteiger partial charge in [-0.3, -0.25) is 0 Å². The summed E-state index contributed by atoms with van der Waals surface area (Å²) in [6.07, 6.45) is 5.07. The van der Waals surface area contributed by atoms with Gasteiger partial charge in [0.25, 0.3) is 0 Å². The first-order valence-corrected chi connectivity index (χ1v) is 6.88. The minimum Gasteiger partial charge on any atom is -0.305 e. The quantitative estimate of drug-likeness (QED) is 0.708. The number of hydrazine groups is 1. The molecule has 1 heterocycles. The molecule has 17 heavy (non-hydrogen) atoms. The van der Waals surface area contributed by atoms with Crippen molar-refractivity contribution in [1.29, 1.82) is 0 Å². The highest BCUT2D eigenvalue weighted by atomic mass is 15.6. The van der Waals surface area contributed by atoms with E-state index in [1.807, 2.05) is 0 Å². The van der Waals surface area contributed by atoms with E-state index in [0.29, 0.717) is 6.04 Å². The fraction of sp³-hybridized carbons (Fsp3) is 0.600. The van der Waals surface area contributed by atoms with Crippen molar-refractivity contribution in [3.8, 4) is 0 Å². The van der Waals surface area contributed by atoms with Crippen LogP contribution in [0.3, 0.4) is 0 Å². The second kappa shape index (κ2) is 5.54. The van der Waals surface area contributed by atoms with Gasteiger partial charge in [-0.2, -0.15) is 0 Å². The number of para-hydroxylation sites is 1. The first-order chi connectivity index (χ1) is 8.29. The third-order valence-electron chi connectivity index (χ3n) is 3.77. The Hall–Kier alpha value is -1.02. The molecule has 2 nitrogen and oxygen atoms in total. The molecular formula is C15H24N2. The molecule has 0 radical (unpaired) electrons. The lowest BCUT2D eigenvalue weighted by atomic mass is 10.0. The zero-order valence-corrected chi connectivity index (χ0v) is 11.3. The van der Waals surface area contributed by atoms with Gasteiger partial charge in [0.15, 0.2) is 0 Å². The van der Waals surface area contributed by atoms with Crippen molar-refractivity contribution in [2.75, 3.05) is 18.6 Å². The molecule has 0 amide bonds. The molecule has 0 spiro atoms. The number of anilines is 1. The van der Waals surface area contributed by atoms with Crippen LogP contribution >= 0.6 is 0 Å². The highest BCUT2D eigenvalue weighted by molar-refractivity contribution is 5.58. The number of rotatable bonds is 5. The predicted octanol–water partition coefficient (Wildman–Crippen LogP) is 3.99. The lowest BCUT2D eigenvalue weighted by Crippen LogP contribution is -2.37. The molecule has 1 aromatic carbocycles. The van der Waals surface area contributed by atoms with Gasteiger partial charge in [-0.25, -0.2) is 5.01 Å². The molecule has 0 aromatic heterocycles. The van der Waals surface area contributed by atoms with Crippen LogP contribution in [0.25, 0.3) is 0 Å². The SMILES string of the molecule is CCCCCN1c2ccccc2C(CC)N1C. The lowest BCUT2D eigenvalue weighted by Gasteiger charge is -2.30. The molecule has 0 aliphatic carbocycles. The second-order valence-electron chi connectivity index (χ2n) is 4.89. The molecule has 0 fully saturated rings. The fourth-order valence-corrected chi connectivity index (χ4v) is 2.82. The van der Waals surface area contributed by atoms with E-state index in [2.05, 4.69) is 55.2 Å². The van der Waals surface area contributed by atoms with Gasteiger partial charge in [0.1, 0.15) is 0 Å². The van der Waals surface area contributed by atoms with Crippen LogP contribution in [0.1, 0.15) is 51.1 Å². The molecule has 0 saturated heterocycles. The van der Waals surface area contributed by atoms with Crippen molar-refractivity contribution in [3.63, 3.8) is 0 Å². The first kappa shape index (κ1) is 12.4. The number of nitrogens with zero attached hydrogens (tertiary/aromatic N) is 2. The molecule has 1 unspecified atom stereocenters. The third kappa shape index (κ3) is 2.32. The number of hydrogen-bond acceptors (Lipinski definition) is 2. The van der Waals surface area contributed by atoms with Crippen molar-refractivity contribution in [2.45, 2.75) is 45.6 Å². The van der Waals surface area contributed by atoms with Crippen LogP contribution in [0.2, 0.25) is 0 Å². The number of fused-ring (bicyclic) bond motifs is 1. The molecule has 1 aliphatic rings. The number of hydrogen-bond donors (Lipinski definition) is 0. The maximum absolute atomic E-state index is 2.46. The Bertz CT molecular complexity index is 362. The second-order valence-corrected chi connectivity index (χ2v) is 4.89. The van der Waals surface area contributed by atoms with Crippen molar-refractivity contribution in [2.24, 2.45) is 0 Å². The van der Waals surface area contributed by atoms with Gasteiger partial charge in [0.05, 0.1) is 11.7 Å². The van der Waals surface area contributed by atoms with E-state index in [-0.39, 0.29) is 0 Å². The van der Waals surface area contributed by atoms with E-state index in [1.165, 1.54) is 36.9 Å². The Morgan fingerprint density at radius 3 is 2.59 bits per heavy atom. The predicted molar refractivity (Wildman–Crippen MR) is 74.1 cm³/mol. The van der Waals surface area contributed by atoms with Gasteiger partial charge in [-0.15, -0.1) is 0 Å². The largest absolute Gasteiger partial charge is 0.305 e. The van der Waals surface area contributed by atoms with Crippen molar-refractivity contribution >= 4 is 5.69 Å². The summed E-state index contributed by atoms with van der Waals surface area (Å²) >= 11 is 0. The van der Waals surface area contributed by atoms with Gasteiger partial charge >= 0.3 is 0 Å². The Balaban J connectivity index is 2.17. The minimum absolute atomic E-state index is 0.563. The van der Waals surface area contributed by atoms with E-state index < -0.39 is 0 Å². The van der Waals surface area contributed by atoms with Crippen LogP contribution in [-0.2, 0) is 0 Å². The first-order valence-electron chi connectivity index (χ1n) is 6.88. The van der Waals surface area contributed by atoms with Crippen LogP contribution in [0.15, 0.2) is 24.3 Å². The summed E-state index contributed by atoms with van der Waals surface area (Å²) in [6.45, 7) is 5.68. The summed E-state index contributed by atoms with van der Waals surface area (Å²) in [7, 11) is 2.22. The van der Waals surface area contributed by atoms with E-state index in [0.717, 1.165) is 6.54 Å². The molecule has 0 saturated carbocycles. The Labute approximate surface area is 105 Å². The molecule has 2 heteroatoms. The number of benzene rings is 1. The van der Waals surface area contributed by atoms with Crippen molar-refractivity contribution in [3.05, 3.63) is 29.8 Å². The van der Waals surface area contributed by atoms with Crippen LogP contribution < -0.4 is 5.01 Å². The van der Waals surface area contributed by atoms with E-state index in [4.69, 9.17) is 0 Å². The van der Waals surface area contributed by atoms with Gasteiger partial charge in [0.2, 0.25) is 0 Å². The summed E-state index contributed by atoms with van der Waals surface area (Å²) in [4.78, 5) is 0. The molecule has 1 aromatic rings. The Morgan fingerprint density at radius 1 is 1.12 bits per heavy atom. The van der Waals surface area contributed by atoms with Gasteiger partial charge in [-0.05, 0) is 24.5 Å². The lowest BCUT2D eigenvalue weighted by molar-refractivity contribution is 0.241. The number of unbranched alkanes of at least 4 members (excludes halogenated alkanes) is 2. The third-order valence-corrected chi connectivity index (χ3v) is 3.77. The summed E-state index contributed by atoms with van der Waals surface area (Å²) in [5, 5.41) is 4.87. The zero-order valence-electron chi connectivity index (χ0n) is 11.3. The summed E-state index contributed by atoms with van der Waals surface area (Å²) in [5.41, 5.74) is 2.91. The average Bonchev–Trinajstić information content (AvgIpc) is 2.62. The molecule has 1 aliphatic heterocycles. The van der Waals surface area contributed by atoms with Crippen LogP contribution in [-0.4, -0.2) is 18.6 Å². The van der Waals surface area contributed by atoms with Gasteiger partial charge in [-0.1, -0.05) is 44.9 Å². The smallest absolute Gasteiger partial charge is 0.0570 e. The fourth-order valence-electron chi connectivity index (χ4n) is 2.82. The van der Waals surface area contributed by atoms with Gasteiger partial charge in [0, 0.05) is 13.6 Å². The molecular weight excluding hydrogens is 208 g/mol. The van der Waals surface area contributed by atoms with E-state index in [1.54, 1.807) is 0 Å². The zero-order chi connectivity index (χ0) is 12.3. The van der Waals surface area contributed by atoms with Crippen LogP contribution in [0.4, 0.5) is 5.69 Å². The molecule has 2 rings (SSSR count). The van der Waals surface area contributed by atoms with Crippen molar-refractivity contribution < 1.29 is 0 Å². The maximum atomic E-state index is 2.46. The monoisotopic (exact) mass is 232 g/mol. The van der Waals surface area contributed by atoms with Crippen molar-refractivity contribution in [1.82, 2.24) is 5.01 Å². The molecule has 0 N–H and O–H groups in total. The molecule has 94 valence electrons. The Kier molecular flexibility index (Phi) is 4.06. The summed E-state index contributed by atoms with van der Waals surface area (Å²) in [5.74, 6) is 0. The maximum Gasteiger partial charge on any atom is 0.0570 e. The van der Waals surface area contributed by atoms with E-state index in [9.17, 15) is 0 Å². The normalized spacial score (nSPS) is 19.7. The van der Waals surface area contributed by atoms with Gasteiger partial charge < -0.3 is 5.01 Å². The average molecular weight is 232 g/mol. The summed E-state index contributed by atoms with van der Waals surface area (Å²) < 4.78 is 0.